The Labute approximate surface area is 164 Å². The van der Waals surface area contributed by atoms with E-state index in [2.05, 4.69) is 15.0 Å². The number of fused-ring (bicyclic) bond motifs is 1. The van der Waals surface area contributed by atoms with Gasteiger partial charge in [0, 0.05) is 24.5 Å². The predicted molar refractivity (Wildman–Crippen MR) is 105 cm³/mol. The number of hydrogen-bond donors (Lipinski definition) is 2. The second-order valence-corrected chi connectivity index (χ2v) is 9.02. The van der Waals surface area contributed by atoms with E-state index in [1.54, 1.807) is 24.4 Å². The molecule has 28 heavy (non-hydrogen) atoms. The van der Waals surface area contributed by atoms with Gasteiger partial charge in [-0.2, -0.15) is 0 Å². The first kappa shape index (κ1) is 18.7. The highest BCUT2D eigenvalue weighted by Crippen LogP contribution is 2.50. The van der Waals surface area contributed by atoms with E-state index in [1.807, 2.05) is 13.0 Å². The lowest BCUT2D eigenvalue weighted by atomic mass is 9.93. The molecule has 2 aliphatic rings. The Morgan fingerprint density at radius 1 is 1.32 bits per heavy atom. The molecule has 2 heterocycles. The van der Waals surface area contributed by atoms with E-state index in [-0.39, 0.29) is 4.90 Å². The molecule has 1 aliphatic carbocycles. The summed E-state index contributed by atoms with van der Waals surface area (Å²) in [5, 5.41) is 3.22. The van der Waals surface area contributed by atoms with Crippen LogP contribution in [0.1, 0.15) is 36.0 Å². The average molecular weight is 401 g/mol. The van der Waals surface area contributed by atoms with Crippen molar-refractivity contribution in [3.8, 4) is 5.88 Å². The summed E-state index contributed by atoms with van der Waals surface area (Å²) in [6, 6.07) is 6.88. The fourth-order valence-electron chi connectivity index (χ4n) is 3.89. The Morgan fingerprint density at radius 2 is 2.11 bits per heavy atom. The van der Waals surface area contributed by atoms with Gasteiger partial charge in [-0.05, 0) is 61.4 Å². The molecule has 0 spiro atoms. The Hall–Kier alpha value is -2.61. The number of amides is 1. The number of sulfonamides is 1. The highest BCUT2D eigenvalue weighted by Gasteiger charge is 2.53. The van der Waals surface area contributed by atoms with Gasteiger partial charge in [-0.1, -0.05) is 6.07 Å². The second-order valence-electron chi connectivity index (χ2n) is 7.37. The highest BCUT2D eigenvalue weighted by molar-refractivity contribution is 7.90. The normalized spacial score (nSPS) is 17.2. The summed E-state index contributed by atoms with van der Waals surface area (Å²) < 4.78 is 33.5. The zero-order chi connectivity index (χ0) is 19.9. The van der Waals surface area contributed by atoms with Gasteiger partial charge in [0.2, 0.25) is 11.8 Å². The number of pyridine rings is 1. The van der Waals surface area contributed by atoms with Crippen molar-refractivity contribution < 1.29 is 17.9 Å². The summed E-state index contributed by atoms with van der Waals surface area (Å²) >= 11 is 0. The van der Waals surface area contributed by atoms with Crippen LogP contribution in [0.4, 0.5) is 5.69 Å². The van der Waals surface area contributed by atoms with Crippen LogP contribution in [-0.2, 0) is 26.7 Å². The molecule has 1 aliphatic heterocycles. The van der Waals surface area contributed by atoms with E-state index < -0.39 is 21.3 Å². The van der Waals surface area contributed by atoms with Crippen molar-refractivity contribution >= 4 is 21.6 Å². The Kier molecular flexibility index (Phi) is 4.53. The average Bonchev–Trinajstić information content (AvgIpc) is 3.49. The molecule has 0 saturated heterocycles. The number of aryl methyl sites for hydroxylation is 1. The van der Waals surface area contributed by atoms with Gasteiger partial charge in [-0.3, -0.25) is 4.79 Å². The first-order valence-electron chi connectivity index (χ1n) is 9.31. The van der Waals surface area contributed by atoms with Crippen LogP contribution in [0.15, 0.2) is 35.4 Å². The quantitative estimate of drug-likeness (QED) is 0.798. The van der Waals surface area contributed by atoms with Gasteiger partial charge in [-0.25, -0.2) is 18.1 Å². The molecule has 148 valence electrons. The summed E-state index contributed by atoms with van der Waals surface area (Å²) in [4.78, 5) is 17.4. The van der Waals surface area contributed by atoms with Gasteiger partial charge in [0.1, 0.15) is 0 Å². The number of methoxy groups -OCH3 is 1. The van der Waals surface area contributed by atoms with E-state index in [1.165, 1.54) is 7.11 Å². The molecule has 1 saturated carbocycles. The van der Waals surface area contributed by atoms with Gasteiger partial charge in [0.05, 0.1) is 17.4 Å². The maximum atomic E-state index is 13.0. The van der Waals surface area contributed by atoms with Crippen molar-refractivity contribution in [1.29, 1.82) is 0 Å². The zero-order valence-electron chi connectivity index (χ0n) is 15.9. The van der Waals surface area contributed by atoms with E-state index >= 15 is 0 Å². The molecule has 7 nitrogen and oxygen atoms in total. The van der Waals surface area contributed by atoms with E-state index in [4.69, 9.17) is 4.74 Å². The maximum absolute atomic E-state index is 13.0. The summed E-state index contributed by atoms with van der Waals surface area (Å²) in [5.41, 5.74) is 2.32. The molecule has 0 unspecified atom stereocenters. The van der Waals surface area contributed by atoms with E-state index in [9.17, 15) is 13.2 Å². The molecule has 1 amide bonds. The van der Waals surface area contributed by atoms with Crippen LogP contribution in [0.5, 0.6) is 5.88 Å². The van der Waals surface area contributed by atoms with Gasteiger partial charge in [-0.15, -0.1) is 0 Å². The van der Waals surface area contributed by atoms with Crippen LogP contribution >= 0.6 is 0 Å². The Balaban J connectivity index is 1.63. The molecule has 2 N–H and O–H groups in total. The first-order valence-corrected chi connectivity index (χ1v) is 10.8. The molecule has 2 aromatic rings. The van der Waals surface area contributed by atoms with Crippen LogP contribution in [0.25, 0.3) is 0 Å². The number of carbonyl (C=O) groups excluding carboxylic acids is 1. The number of hydrogen-bond acceptors (Lipinski definition) is 6. The number of ether oxygens (including phenoxy) is 1. The predicted octanol–water partition coefficient (Wildman–Crippen LogP) is 2.29. The van der Waals surface area contributed by atoms with Crippen molar-refractivity contribution in [1.82, 2.24) is 9.71 Å². The lowest BCUT2D eigenvalue weighted by Crippen LogP contribution is -2.39. The van der Waals surface area contributed by atoms with Crippen molar-refractivity contribution in [2.45, 2.75) is 42.9 Å². The van der Waals surface area contributed by atoms with Crippen LogP contribution in [0.2, 0.25) is 0 Å². The van der Waals surface area contributed by atoms with E-state index in [0.29, 0.717) is 25.1 Å². The van der Waals surface area contributed by atoms with Crippen molar-refractivity contribution in [3.63, 3.8) is 0 Å². The molecule has 8 heteroatoms. The minimum atomic E-state index is -3.96. The van der Waals surface area contributed by atoms with Crippen molar-refractivity contribution in [3.05, 3.63) is 47.2 Å². The number of aromatic nitrogens is 1. The summed E-state index contributed by atoms with van der Waals surface area (Å²) in [6.45, 7) is 2.69. The van der Waals surface area contributed by atoms with Crippen LogP contribution in [0, 0.1) is 6.92 Å². The monoisotopic (exact) mass is 401 g/mol. The number of carbonyl (C=O) groups is 1. The van der Waals surface area contributed by atoms with Gasteiger partial charge < -0.3 is 10.1 Å². The number of nitrogens with one attached hydrogen (secondary N) is 2. The number of anilines is 1. The topological polar surface area (TPSA) is 97.4 Å². The third-order valence-electron chi connectivity index (χ3n) is 5.56. The smallest absolute Gasteiger partial charge is 0.264 e. The second kappa shape index (κ2) is 6.77. The summed E-state index contributed by atoms with van der Waals surface area (Å²) in [7, 11) is -2.43. The van der Waals surface area contributed by atoms with Gasteiger partial charge in [0.25, 0.3) is 10.0 Å². The number of rotatable bonds is 5. The van der Waals surface area contributed by atoms with Crippen LogP contribution in [0.3, 0.4) is 0 Å². The van der Waals surface area contributed by atoms with E-state index in [0.717, 1.165) is 35.3 Å². The fraction of sp³-hybridized carbons (Fsp3) is 0.400. The summed E-state index contributed by atoms with van der Waals surface area (Å²) in [6.07, 6.45) is 4.32. The molecular formula is C20H23N3O4S. The summed E-state index contributed by atoms with van der Waals surface area (Å²) in [5.74, 6) is -0.0302. The number of benzene rings is 1. The van der Waals surface area contributed by atoms with Gasteiger partial charge >= 0.3 is 0 Å². The third-order valence-corrected chi connectivity index (χ3v) is 6.98. The molecule has 1 aromatic heterocycles. The minimum Gasteiger partial charge on any atom is -0.481 e. The largest absolute Gasteiger partial charge is 0.481 e. The van der Waals surface area contributed by atoms with Crippen molar-refractivity contribution in [2.24, 2.45) is 0 Å². The third kappa shape index (κ3) is 3.11. The minimum absolute atomic E-state index is 0.172. The zero-order valence-corrected chi connectivity index (χ0v) is 16.7. The molecule has 0 bridgehead atoms. The molecule has 1 fully saturated rings. The molecule has 4 rings (SSSR count). The molecule has 0 atom stereocenters. The van der Waals surface area contributed by atoms with Crippen LogP contribution < -0.4 is 14.8 Å². The fourth-order valence-corrected chi connectivity index (χ4v) is 5.23. The van der Waals surface area contributed by atoms with Crippen LogP contribution in [-0.4, -0.2) is 33.0 Å². The number of nitrogens with zero attached hydrogens (tertiary/aromatic N) is 1. The van der Waals surface area contributed by atoms with Crippen molar-refractivity contribution in [2.75, 3.05) is 19.0 Å². The highest BCUT2D eigenvalue weighted by atomic mass is 32.2. The standard InChI is InChI=1S/C20H23N3O4S/c1-13-11-18(27-2)22-12-15(13)20(8-9-20)19(24)23-28(25,26)17-7-3-6-16-14(17)5-4-10-21-16/h3,6-7,11-12,21H,4-5,8-10H2,1-2H3,(H,23,24). The molecule has 1 aromatic carbocycles. The van der Waals surface area contributed by atoms with Gasteiger partial charge in [0.15, 0.2) is 0 Å². The Morgan fingerprint density at radius 3 is 2.79 bits per heavy atom. The SMILES string of the molecule is COc1cc(C)c(C2(C(=O)NS(=O)(=O)c3cccc4c3CCCN4)CC2)cn1. The molecular weight excluding hydrogens is 378 g/mol. The maximum Gasteiger partial charge on any atom is 0.264 e. The lowest BCUT2D eigenvalue weighted by molar-refractivity contribution is -0.121. The Bertz CT molecular complexity index is 1050. The first-order chi connectivity index (χ1) is 13.4. The lowest BCUT2D eigenvalue weighted by Gasteiger charge is -2.22. The molecule has 0 radical (unpaired) electrons.